The summed E-state index contributed by atoms with van der Waals surface area (Å²) in [6.07, 6.45) is 0.397. The molecule has 19 heavy (non-hydrogen) atoms. The summed E-state index contributed by atoms with van der Waals surface area (Å²) < 4.78 is 18.9. The van der Waals surface area contributed by atoms with Gasteiger partial charge in [0.25, 0.3) is 0 Å². The Balaban J connectivity index is 2.10. The van der Waals surface area contributed by atoms with E-state index in [1.165, 1.54) is 12.3 Å². The molecular formula is C14H9ClFNO2. The fourth-order valence-corrected chi connectivity index (χ4v) is 2.14. The number of rotatable bonds is 2. The number of aliphatic hydroxyl groups excluding tert-OH is 1. The largest absolute Gasteiger partial charge is 0.455 e. The van der Waals surface area contributed by atoms with Gasteiger partial charge < -0.3 is 9.52 Å². The molecule has 0 radical (unpaired) electrons. The van der Waals surface area contributed by atoms with Gasteiger partial charge in [-0.25, -0.2) is 4.39 Å². The van der Waals surface area contributed by atoms with Crippen LogP contribution in [0.2, 0.25) is 5.02 Å². The minimum atomic E-state index is -1.12. The first kappa shape index (κ1) is 12.1. The van der Waals surface area contributed by atoms with Crippen molar-refractivity contribution in [2.45, 2.75) is 6.10 Å². The van der Waals surface area contributed by atoms with Gasteiger partial charge >= 0.3 is 0 Å². The number of furan rings is 1. The third-order valence-corrected chi connectivity index (χ3v) is 3.15. The van der Waals surface area contributed by atoms with Crippen LogP contribution in [0.1, 0.15) is 17.6 Å². The Morgan fingerprint density at radius 2 is 2.11 bits per heavy atom. The van der Waals surface area contributed by atoms with E-state index >= 15 is 0 Å². The lowest BCUT2D eigenvalue weighted by molar-refractivity contribution is 0.187. The molecular weight excluding hydrogens is 269 g/mol. The summed E-state index contributed by atoms with van der Waals surface area (Å²) >= 11 is 5.96. The van der Waals surface area contributed by atoms with Gasteiger partial charge in [-0.1, -0.05) is 23.7 Å². The smallest absolute Gasteiger partial charge is 0.170 e. The minimum Gasteiger partial charge on any atom is -0.455 e. The lowest BCUT2D eigenvalue weighted by atomic mass is 10.1. The van der Waals surface area contributed by atoms with E-state index in [4.69, 9.17) is 16.0 Å². The number of nitrogens with zero attached hydrogens (tertiary/aromatic N) is 1. The first-order chi connectivity index (χ1) is 9.16. The first-order valence-electron chi connectivity index (χ1n) is 5.63. The van der Waals surface area contributed by atoms with Gasteiger partial charge in [0.05, 0.1) is 10.7 Å². The zero-order chi connectivity index (χ0) is 13.4. The highest BCUT2D eigenvalue weighted by Crippen LogP contribution is 2.31. The predicted octanol–water partition coefficient (Wildman–Crippen LogP) is 3.70. The second-order valence-corrected chi connectivity index (χ2v) is 4.49. The van der Waals surface area contributed by atoms with Gasteiger partial charge in [-0.05, 0) is 24.3 Å². The van der Waals surface area contributed by atoms with E-state index in [1.807, 2.05) is 0 Å². The lowest BCUT2D eigenvalue weighted by Gasteiger charge is -2.08. The molecule has 0 spiro atoms. The molecule has 2 aromatic heterocycles. The number of aromatic nitrogens is 1. The summed E-state index contributed by atoms with van der Waals surface area (Å²) in [4.78, 5) is 4.01. The third-order valence-electron chi connectivity index (χ3n) is 2.83. The molecule has 3 rings (SSSR count). The predicted molar refractivity (Wildman–Crippen MR) is 69.5 cm³/mol. The molecule has 0 aliphatic rings. The van der Waals surface area contributed by atoms with Gasteiger partial charge in [-0.2, -0.15) is 0 Å². The van der Waals surface area contributed by atoms with Gasteiger partial charge in [-0.3, -0.25) is 4.98 Å². The molecule has 5 heteroatoms. The Bertz CT molecular complexity index is 741. The van der Waals surface area contributed by atoms with E-state index < -0.39 is 11.9 Å². The van der Waals surface area contributed by atoms with E-state index in [2.05, 4.69) is 4.98 Å². The zero-order valence-corrected chi connectivity index (χ0v) is 10.4. The van der Waals surface area contributed by atoms with Crippen molar-refractivity contribution in [2.75, 3.05) is 0 Å². The molecule has 0 saturated heterocycles. The normalized spacial score (nSPS) is 12.8. The highest BCUT2D eigenvalue weighted by molar-refractivity contribution is 6.31. The summed E-state index contributed by atoms with van der Waals surface area (Å²) in [6, 6.07) is 9.45. The van der Waals surface area contributed by atoms with Crippen LogP contribution >= 0.6 is 11.6 Å². The van der Waals surface area contributed by atoms with Crippen LogP contribution < -0.4 is 0 Å². The second-order valence-electron chi connectivity index (χ2n) is 4.08. The van der Waals surface area contributed by atoms with Crippen molar-refractivity contribution >= 4 is 22.6 Å². The Morgan fingerprint density at radius 3 is 2.84 bits per heavy atom. The second kappa shape index (κ2) is 4.64. The standard InChI is InChI=1S/C14H9ClFNO2/c15-9-4-2-6-17-12(9)13(18)11-7-8-3-1-5-10(16)14(8)19-11/h1-7,13,18H. The van der Waals surface area contributed by atoms with Crippen LogP contribution in [0.4, 0.5) is 4.39 Å². The Labute approximate surface area is 113 Å². The summed E-state index contributed by atoms with van der Waals surface area (Å²) in [6.45, 7) is 0. The van der Waals surface area contributed by atoms with Crippen molar-refractivity contribution in [1.29, 1.82) is 0 Å². The molecule has 0 bridgehead atoms. The van der Waals surface area contributed by atoms with Gasteiger partial charge in [0, 0.05) is 11.6 Å². The molecule has 0 saturated carbocycles. The molecule has 3 aromatic rings. The number of benzene rings is 1. The lowest BCUT2D eigenvalue weighted by Crippen LogP contribution is -2.01. The van der Waals surface area contributed by atoms with E-state index in [0.29, 0.717) is 10.4 Å². The van der Waals surface area contributed by atoms with Crippen LogP contribution in [0.3, 0.4) is 0 Å². The molecule has 0 aliphatic heterocycles. The Morgan fingerprint density at radius 1 is 1.26 bits per heavy atom. The molecule has 0 aliphatic carbocycles. The highest BCUT2D eigenvalue weighted by atomic mass is 35.5. The van der Waals surface area contributed by atoms with Crippen LogP contribution in [-0.4, -0.2) is 10.1 Å². The molecule has 1 atom stereocenters. The topological polar surface area (TPSA) is 46.3 Å². The van der Waals surface area contributed by atoms with E-state index in [0.717, 1.165) is 0 Å². The number of hydrogen-bond acceptors (Lipinski definition) is 3. The summed E-state index contributed by atoms with van der Waals surface area (Å²) in [5, 5.41) is 11.1. The maximum atomic E-state index is 13.5. The van der Waals surface area contributed by atoms with Crippen LogP contribution in [0.25, 0.3) is 11.0 Å². The van der Waals surface area contributed by atoms with Crippen molar-refractivity contribution in [3.8, 4) is 0 Å². The van der Waals surface area contributed by atoms with Crippen LogP contribution in [0.15, 0.2) is 47.0 Å². The third kappa shape index (κ3) is 2.09. The molecule has 1 N–H and O–H groups in total. The van der Waals surface area contributed by atoms with E-state index in [-0.39, 0.29) is 17.0 Å². The van der Waals surface area contributed by atoms with Crippen molar-refractivity contribution in [1.82, 2.24) is 4.98 Å². The average molecular weight is 278 g/mol. The van der Waals surface area contributed by atoms with Crippen molar-refractivity contribution in [3.05, 3.63) is 64.9 Å². The molecule has 0 amide bonds. The number of aliphatic hydroxyl groups is 1. The number of para-hydroxylation sites is 1. The SMILES string of the molecule is OC(c1cc2cccc(F)c2o1)c1ncccc1Cl. The van der Waals surface area contributed by atoms with Crippen LogP contribution in [0.5, 0.6) is 0 Å². The zero-order valence-electron chi connectivity index (χ0n) is 9.68. The Hall–Kier alpha value is -1.91. The fourth-order valence-electron chi connectivity index (χ4n) is 1.92. The van der Waals surface area contributed by atoms with E-state index in [1.54, 1.807) is 30.3 Å². The highest BCUT2D eigenvalue weighted by Gasteiger charge is 2.20. The van der Waals surface area contributed by atoms with Gasteiger partial charge in [0.2, 0.25) is 0 Å². The van der Waals surface area contributed by atoms with Gasteiger partial charge in [0.15, 0.2) is 17.5 Å². The van der Waals surface area contributed by atoms with Crippen LogP contribution in [0, 0.1) is 5.82 Å². The quantitative estimate of drug-likeness (QED) is 0.777. The van der Waals surface area contributed by atoms with Crippen molar-refractivity contribution in [3.63, 3.8) is 0 Å². The molecule has 0 fully saturated rings. The number of hydrogen-bond donors (Lipinski definition) is 1. The van der Waals surface area contributed by atoms with Crippen molar-refractivity contribution in [2.24, 2.45) is 0 Å². The molecule has 2 heterocycles. The number of pyridine rings is 1. The summed E-state index contributed by atoms with van der Waals surface area (Å²) in [5.41, 5.74) is 0.396. The maximum Gasteiger partial charge on any atom is 0.170 e. The summed E-state index contributed by atoms with van der Waals surface area (Å²) in [5.74, 6) is -0.260. The summed E-state index contributed by atoms with van der Waals surface area (Å²) in [7, 11) is 0. The average Bonchev–Trinajstić information content (AvgIpc) is 2.84. The first-order valence-corrected chi connectivity index (χ1v) is 6.01. The molecule has 1 aromatic carbocycles. The molecule has 1 unspecified atom stereocenters. The van der Waals surface area contributed by atoms with E-state index in [9.17, 15) is 9.50 Å². The fraction of sp³-hybridized carbons (Fsp3) is 0.0714. The minimum absolute atomic E-state index is 0.114. The molecule has 96 valence electrons. The van der Waals surface area contributed by atoms with Crippen LogP contribution in [-0.2, 0) is 0 Å². The number of fused-ring (bicyclic) bond motifs is 1. The number of halogens is 2. The van der Waals surface area contributed by atoms with Gasteiger partial charge in [0.1, 0.15) is 5.76 Å². The van der Waals surface area contributed by atoms with Gasteiger partial charge in [-0.15, -0.1) is 0 Å². The maximum absolute atomic E-state index is 13.5. The Kier molecular flexibility index (Phi) is 2.97. The van der Waals surface area contributed by atoms with Crippen molar-refractivity contribution < 1.29 is 13.9 Å². The molecule has 3 nitrogen and oxygen atoms in total. The monoisotopic (exact) mass is 277 g/mol.